The Hall–Kier alpha value is -2.79. The Balaban J connectivity index is 1.30. The molecule has 1 aliphatic heterocycles. The Labute approximate surface area is 191 Å². The second kappa shape index (κ2) is 10.2. The van der Waals surface area contributed by atoms with Gasteiger partial charge in [-0.25, -0.2) is 0 Å². The maximum absolute atomic E-state index is 13.0. The minimum absolute atomic E-state index is 0.201. The number of hydrogen-bond donors (Lipinski definition) is 0. The molecule has 1 atom stereocenters. The van der Waals surface area contributed by atoms with Gasteiger partial charge in [0.05, 0.1) is 13.5 Å². The molecule has 0 radical (unpaired) electrons. The Morgan fingerprint density at radius 1 is 1.12 bits per heavy atom. The quantitative estimate of drug-likeness (QED) is 0.536. The SMILES string of the molecule is COc1ccccc1CCN1CCC[C@@H](CN(C)C(=O)Cc2cn(C)c3ccccc23)C1. The molecule has 0 aliphatic carbocycles. The van der Waals surface area contributed by atoms with Crippen LogP contribution in [0.5, 0.6) is 5.75 Å². The van der Waals surface area contributed by atoms with Crippen LogP contribution in [0.1, 0.15) is 24.0 Å². The van der Waals surface area contributed by atoms with Gasteiger partial charge in [0.15, 0.2) is 0 Å². The number of rotatable bonds is 8. The number of nitrogens with zero attached hydrogens (tertiary/aromatic N) is 3. The molecular weight excluding hydrogens is 398 g/mol. The minimum Gasteiger partial charge on any atom is -0.496 e. The highest BCUT2D eigenvalue weighted by atomic mass is 16.5. The summed E-state index contributed by atoms with van der Waals surface area (Å²) in [6.45, 7) is 4.06. The molecule has 0 bridgehead atoms. The molecule has 5 heteroatoms. The van der Waals surface area contributed by atoms with Crippen molar-refractivity contribution in [3.63, 3.8) is 0 Å². The van der Waals surface area contributed by atoms with Crippen LogP contribution in [0, 0.1) is 5.92 Å². The van der Waals surface area contributed by atoms with E-state index in [1.54, 1.807) is 7.11 Å². The van der Waals surface area contributed by atoms with Crippen molar-refractivity contribution >= 4 is 16.8 Å². The monoisotopic (exact) mass is 433 g/mol. The molecule has 1 saturated heterocycles. The third-order valence-corrected chi connectivity index (χ3v) is 6.77. The largest absolute Gasteiger partial charge is 0.496 e. The van der Waals surface area contributed by atoms with E-state index < -0.39 is 0 Å². The van der Waals surface area contributed by atoms with E-state index in [1.807, 2.05) is 43.3 Å². The smallest absolute Gasteiger partial charge is 0.226 e. The van der Waals surface area contributed by atoms with E-state index >= 15 is 0 Å². The van der Waals surface area contributed by atoms with Crippen LogP contribution in [0.25, 0.3) is 10.9 Å². The van der Waals surface area contributed by atoms with Crippen LogP contribution in [0.4, 0.5) is 0 Å². The van der Waals surface area contributed by atoms with E-state index in [4.69, 9.17) is 4.74 Å². The van der Waals surface area contributed by atoms with Crippen molar-refractivity contribution in [1.82, 2.24) is 14.4 Å². The third-order valence-electron chi connectivity index (χ3n) is 6.77. The summed E-state index contributed by atoms with van der Waals surface area (Å²) in [6, 6.07) is 16.6. The standard InChI is InChI=1S/C27H35N3O2/c1-28-20-23(24-11-5-6-12-25(24)28)17-27(31)29(2)18-21-9-8-15-30(19-21)16-14-22-10-4-7-13-26(22)32-3/h4-7,10-13,20-21H,8-9,14-19H2,1-3H3/t21-/m0/s1. The fourth-order valence-electron chi connectivity index (χ4n) is 5.04. The average Bonchev–Trinajstić information content (AvgIpc) is 3.13. The van der Waals surface area contributed by atoms with E-state index in [9.17, 15) is 4.79 Å². The van der Waals surface area contributed by atoms with E-state index in [1.165, 1.54) is 29.3 Å². The highest BCUT2D eigenvalue weighted by Crippen LogP contribution is 2.23. The van der Waals surface area contributed by atoms with Gasteiger partial charge >= 0.3 is 0 Å². The summed E-state index contributed by atoms with van der Waals surface area (Å²) >= 11 is 0. The second-order valence-corrected chi connectivity index (χ2v) is 9.10. The van der Waals surface area contributed by atoms with E-state index in [-0.39, 0.29) is 5.91 Å². The number of benzene rings is 2. The summed E-state index contributed by atoms with van der Waals surface area (Å²) in [5.74, 6) is 1.70. The van der Waals surface area contributed by atoms with E-state index in [0.717, 1.165) is 43.9 Å². The summed E-state index contributed by atoms with van der Waals surface area (Å²) in [4.78, 5) is 17.5. The number of piperidine rings is 1. The number of fused-ring (bicyclic) bond motifs is 1. The van der Waals surface area contributed by atoms with Gasteiger partial charge < -0.3 is 19.1 Å². The predicted octanol–water partition coefficient (Wildman–Crippen LogP) is 4.14. The number of aromatic nitrogens is 1. The molecule has 1 aromatic heterocycles. The molecule has 170 valence electrons. The number of para-hydroxylation sites is 2. The lowest BCUT2D eigenvalue weighted by molar-refractivity contribution is -0.130. The van der Waals surface area contributed by atoms with Crippen LogP contribution in [0.2, 0.25) is 0 Å². The predicted molar refractivity (Wildman–Crippen MR) is 130 cm³/mol. The van der Waals surface area contributed by atoms with Crippen molar-refractivity contribution in [2.75, 3.05) is 40.3 Å². The van der Waals surface area contributed by atoms with Gasteiger partial charge in [-0.15, -0.1) is 0 Å². The van der Waals surface area contributed by atoms with Gasteiger partial charge in [0, 0.05) is 50.8 Å². The first kappa shape index (κ1) is 22.4. The first-order valence-corrected chi connectivity index (χ1v) is 11.7. The molecule has 0 unspecified atom stereocenters. The van der Waals surface area contributed by atoms with Gasteiger partial charge in [0.1, 0.15) is 5.75 Å². The molecule has 2 heterocycles. The third kappa shape index (κ3) is 5.16. The van der Waals surface area contributed by atoms with Gasteiger partial charge in [-0.05, 0) is 55.0 Å². The topological polar surface area (TPSA) is 37.7 Å². The number of aryl methyl sites for hydroxylation is 1. The van der Waals surface area contributed by atoms with Crippen LogP contribution >= 0.6 is 0 Å². The van der Waals surface area contributed by atoms with Crippen molar-refractivity contribution in [2.24, 2.45) is 13.0 Å². The Bertz CT molecular complexity index is 1060. The van der Waals surface area contributed by atoms with Gasteiger partial charge in [0.25, 0.3) is 0 Å². The van der Waals surface area contributed by atoms with E-state index in [0.29, 0.717) is 12.3 Å². The zero-order valence-corrected chi connectivity index (χ0v) is 19.6. The number of likely N-dealkylation sites (tertiary alicyclic amines) is 1. The van der Waals surface area contributed by atoms with Gasteiger partial charge in [-0.1, -0.05) is 36.4 Å². The normalized spacial score (nSPS) is 16.9. The Kier molecular flexibility index (Phi) is 7.15. The molecule has 32 heavy (non-hydrogen) atoms. The molecule has 1 amide bonds. The number of likely N-dealkylation sites (N-methyl/N-ethyl adjacent to an activating group) is 1. The lowest BCUT2D eigenvalue weighted by Gasteiger charge is -2.35. The van der Waals surface area contributed by atoms with Gasteiger partial charge in [0.2, 0.25) is 5.91 Å². The fourth-order valence-corrected chi connectivity index (χ4v) is 5.04. The highest BCUT2D eigenvalue weighted by Gasteiger charge is 2.23. The summed E-state index contributed by atoms with van der Waals surface area (Å²) < 4.78 is 7.61. The summed E-state index contributed by atoms with van der Waals surface area (Å²) in [5, 5.41) is 1.18. The maximum Gasteiger partial charge on any atom is 0.226 e. The lowest BCUT2D eigenvalue weighted by atomic mass is 9.96. The molecule has 2 aromatic carbocycles. The molecule has 0 saturated carbocycles. The van der Waals surface area contributed by atoms with Gasteiger partial charge in [-0.3, -0.25) is 4.79 Å². The molecule has 0 N–H and O–H groups in total. The van der Waals surface area contributed by atoms with Crippen molar-refractivity contribution < 1.29 is 9.53 Å². The van der Waals surface area contributed by atoms with Crippen LogP contribution in [0.3, 0.4) is 0 Å². The van der Waals surface area contributed by atoms with Crippen LogP contribution in [-0.2, 0) is 24.7 Å². The van der Waals surface area contributed by atoms with E-state index in [2.05, 4.69) is 39.9 Å². The molecule has 5 nitrogen and oxygen atoms in total. The minimum atomic E-state index is 0.201. The Morgan fingerprint density at radius 2 is 1.91 bits per heavy atom. The number of ether oxygens (including phenoxy) is 1. The summed E-state index contributed by atoms with van der Waals surface area (Å²) in [6.07, 6.45) is 5.93. The van der Waals surface area contributed by atoms with Crippen molar-refractivity contribution in [2.45, 2.75) is 25.7 Å². The molecular formula is C27H35N3O2. The number of carbonyl (C=O) groups excluding carboxylic acids is 1. The van der Waals surface area contributed by atoms with Crippen LogP contribution in [0.15, 0.2) is 54.7 Å². The molecule has 1 fully saturated rings. The van der Waals surface area contributed by atoms with Crippen molar-refractivity contribution in [3.8, 4) is 5.75 Å². The highest BCUT2D eigenvalue weighted by molar-refractivity contribution is 5.89. The molecule has 0 spiro atoms. The van der Waals surface area contributed by atoms with Crippen molar-refractivity contribution in [1.29, 1.82) is 0 Å². The molecule has 3 aromatic rings. The summed E-state index contributed by atoms with van der Waals surface area (Å²) in [7, 11) is 5.74. The second-order valence-electron chi connectivity index (χ2n) is 9.10. The lowest BCUT2D eigenvalue weighted by Crippen LogP contribution is -2.42. The zero-order valence-electron chi connectivity index (χ0n) is 19.6. The number of methoxy groups -OCH3 is 1. The number of hydrogen-bond acceptors (Lipinski definition) is 3. The number of amides is 1. The van der Waals surface area contributed by atoms with Gasteiger partial charge in [-0.2, -0.15) is 0 Å². The number of carbonyl (C=O) groups is 1. The fraction of sp³-hybridized carbons (Fsp3) is 0.444. The zero-order chi connectivity index (χ0) is 22.5. The summed E-state index contributed by atoms with van der Waals surface area (Å²) in [5.41, 5.74) is 3.55. The first-order chi connectivity index (χ1) is 15.5. The van der Waals surface area contributed by atoms with Crippen LogP contribution < -0.4 is 4.74 Å². The maximum atomic E-state index is 13.0. The first-order valence-electron chi connectivity index (χ1n) is 11.7. The molecule has 4 rings (SSSR count). The average molecular weight is 434 g/mol. The Morgan fingerprint density at radius 3 is 2.75 bits per heavy atom. The van der Waals surface area contributed by atoms with Crippen LogP contribution in [-0.4, -0.2) is 60.6 Å². The van der Waals surface area contributed by atoms with Crippen molar-refractivity contribution in [3.05, 3.63) is 65.9 Å². The molecule has 1 aliphatic rings.